The molecule has 0 spiro atoms. The van der Waals surface area contributed by atoms with Gasteiger partial charge in [0.1, 0.15) is 0 Å². The van der Waals surface area contributed by atoms with Crippen LogP contribution in [-0.2, 0) is 6.42 Å². The van der Waals surface area contributed by atoms with Gasteiger partial charge in [0.2, 0.25) is 0 Å². The first-order valence-electron chi connectivity index (χ1n) is 8.03. The van der Waals surface area contributed by atoms with Gasteiger partial charge >= 0.3 is 0 Å². The summed E-state index contributed by atoms with van der Waals surface area (Å²) in [5.41, 5.74) is 2.74. The molecule has 1 unspecified atom stereocenters. The summed E-state index contributed by atoms with van der Waals surface area (Å²) in [5.74, 6) is 0.337. The molecule has 3 rings (SSSR count). The van der Waals surface area contributed by atoms with E-state index in [0.29, 0.717) is 23.7 Å². The van der Waals surface area contributed by atoms with Crippen molar-refractivity contribution in [2.24, 2.45) is 10.8 Å². The summed E-state index contributed by atoms with van der Waals surface area (Å²) in [4.78, 5) is 12.3. The first kappa shape index (κ1) is 13.9. The van der Waals surface area contributed by atoms with E-state index in [-0.39, 0.29) is 5.41 Å². The molecule has 2 nitrogen and oxygen atoms in total. The van der Waals surface area contributed by atoms with Crippen LogP contribution < -0.4 is 0 Å². The number of carbonyl (C=O) groups excluding carboxylic acids is 1. The minimum absolute atomic E-state index is 0.110. The molecule has 0 N–H and O–H groups in total. The van der Waals surface area contributed by atoms with Crippen molar-refractivity contribution < 1.29 is 4.79 Å². The lowest BCUT2D eigenvalue weighted by atomic mass is 9.72. The third-order valence-electron chi connectivity index (χ3n) is 5.40. The zero-order chi connectivity index (χ0) is 14.5. The van der Waals surface area contributed by atoms with E-state index in [1.54, 1.807) is 0 Å². The maximum atomic E-state index is 12.3. The predicted molar refractivity (Wildman–Crippen MR) is 82.2 cm³/mol. The standard InChI is InChI=1S/C18H27NO/c1-17(2)11-14-13(15(20)12-17)8-10-19(14)16-7-5-6-9-18(16,3)4/h8,10,16H,5-7,9,11-12H2,1-4H3. The number of hydrogen-bond donors (Lipinski definition) is 0. The molecule has 0 bridgehead atoms. The highest BCUT2D eigenvalue weighted by Crippen LogP contribution is 2.46. The van der Waals surface area contributed by atoms with Gasteiger partial charge in [0.25, 0.3) is 0 Å². The first-order chi connectivity index (χ1) is 9.30. The van der Waals surface area contributed by atoms with Crippen LogP contribution in [0.25, 0.3) is 0 Å². The van der Waals surface area contributed by atoms with Crippen LogP contribution in [0.15, 0.2) is 12.3 Å². The highest BCUT2D eigenvalue weighted by molar-refractivity contribution is 5.98. The van der Waals surface area contributed by atoms with Crippen LogP contribution in [0.3, 0.4) is 0 Å². The van der Waals surface area contributed by atoms with Crippen LogP contribution in [0.1, 0.15) is 81.9 Å². The van der Waals surface area contributed by atoms with Crippen molar-refractivity contribution in [1.29, 1.82) is 0 Å². The van der Waals surface area contributed by atoms with E-state index in [2.05, 4.69) is 44.5 Å². The molecule has 20 heavy (non-hydrogen) atoms. The molecule has 0 saturated heterocycles. The Morgan fingerprint density at radius 3 is 2.60 bits per heavy atom. The van der Waals surface area contributed by atoms with Gasteiger partial charge in [-0.25, -0.2) is 0 Å². The van der Waals surface area contributed by atoms with Gasteiger partial charge in [0, 0.05) is 29.9 Å². The van der Waals surface area contributed by atoms with Gasteiger partial charge in [-0.2, -0.15) is 0 Å². The fourth-order valence-corrected chi connectivity index (χ4v) is 4.25. The number of nitrogens with zero attached hydrogens (tertiary/aromatic N) is 1. The van der Waals surface area contributed by atoms with Crippen molar-refractivity contribution in [3.63, 3.8) is 0 Å². The third kappa shape index (κ3) is 2.23. The third-order valence-corrected chi connectivity index (χ3v) is 5.40. The van der Waals surface area contributed by atoms with Crippen molar-refractivity contribution in [3.05, 3.63) is 23.5 Å². The summed E-state index contributed by atoms with van der Waals surface area (Å²) < 4.78 is 2.45. The molecule has 2 heteroatoms. The highest BCUT2D eigenvalue weighted by atomic mass is 16.1. The van der Waals surface area contributed by atoms with E-state index < -0.39 is 0 Å². The van der Waals surface area contributed by atoms with Gasteiger partial charge in [0.15, 0.2) is 5.78 Å². The number of aromatic nitrogens is 1. The molecule has 0 radical (unpaired) electrons. The molecular weight excluding hydrogens is 246 g/mol. The molecule has 1 atom stereocenters. The van der Waals surface area contributed by atoms with Crippen LogP contribution in [-0.4, -0.2) is 10.4 Å². The average Bonchev–Trinajstić information content (AvgIpc) is 2.70. The summed E-state index contributed by atoms with van der Waals surface area (Å²) in [6, 6.07) is 2.62. The Morgan fingerprint density at radius 1 is 1.15 bits per heavy atom. The van der Waals surface area contributed by atoms with Crippen molar-refractivity contribution in [1.82, 2.24) is 4.57 Å². The van der Waals surface area contributed by atoms with Crippen LogP contribution in [0, 0.1) is 10.8 Å². The largest absolute Gasteiger partial charge is 0.347 e. The van der Waals surface area contributed by atoms with Gasteiger partial charge in [-0.15, -0.1) is 0 Å². The highest BCUT2D eigenvalue weighted by Gasteiger charge is 2.38. The van der Waals surface area contributed by atoms with E-state index in [1.807, 2.05) is 0 Å². The monoisotopic (exact) mass is 273 g/mol. The second kappa shape index (κ2) is 4.47. The lowest BCUT2D eigenvalue weighted by Crippen LogP contribution is -2.34. The second-order valence-corrected chi connectivity index (χ2v) is 8.27. The Hall–Kier alpha value is -1.05. The molecule has 2 aliphatic rings. The minimum atomic E-state index is 0.110. The average molecular weight is 273 g/mol. The molecule has 1 saturated carbocycles. The summed E-state index contributed by atoms with van der Waals surface area (Å²) in [6.07, 6.45) is 9.12. The Morgan fingerprint density at radius 2 is 1.90 bits per heavy atom. The minimum Gasteiger partial charge on any atom is -0.347 e. The fourth-order valence-electron chi connectivity index (χ4n) is 4.25. The molecule has 0 amide bonds. The molecular formula is C18H27NO. The maximum Gasteiger partial charge on any atom is 0.165 e. The Balaban J connectivity index is 2.02. The number of fused-ring (bicyclic) bond motifs is 1. The van der Waals surface area contributed by atoms with Crippen LogP contribution >= 0.6 is 0 Å². The molecule has 0 aliphatic heterocycles. The Kier molecular flexibility index (Phi) is 3.11. The van der Waals surface area contributed by atoms with Gasteiger partial charge < -0.3 is 4.57 Å². The maximum absolute atomic E-state index is 12.3. The summed E-state index contributed by atoms with van der Waals surface area (Å²) >= 11 is 0. The fraction of sp³-hybridized carbons (Fsp3) is 0.722. The number of hydrogen-bond acceptors (Lipinski definition) is 1. The Labute approximate surface area is 122 Å². The SMILES string of the molecule is CC1(C)CC(=O)c2ccn(C3CCCCC3(C)C)c2C1. The Bertz CT molecular complexity index is 536. The quantitative estimate of drug-likeness (QED) is 0.721. The predicted octanol–water partition coefficient (Wildman–Crippen LogP) is 4.78. The number of Topliss-reactive ketones (excluding diaryl/α,β-unsaturated/α-hetero) is 1. The van der Waals surface area contributed by atoms with E-state index in [9.17, 15) is 4.79 Å². The molecule has 1 fully saturated rings. The lowest BCUT2D eigenvalue weighted by molar-refractivity contribution is 0.0900. The molecule has 0 aromatic carbocycles. The van der Waals surface area contributed by atoms with Gasteiger partial charge in [-0.05, 0) is 36.2 Å². The zero-order valence-corrected chi connectivity index (χ0v) is 13.3. The van der Waals surface area contributed by atoms with Gasteiger partial charge in [-0.1, -0.05) is 40.5 Å². The van der Waals surface area contributed by atoms with Crippen LogP contribution in [0.5, 0.6) is 0 Å². The normalized spacial score (nSPS) is 28.2. The molecule has 2 aliphatic carbocycles. The van der Waals surface area contributed by atoms with E-state index >= 15 is 0 Å². The second-order valence-electron chi connectivity index (χ2n) is 8.27. The summed E-state index contributed by atoms with van der Waals surface area (Å²) in [6.45, 7) is 9.21. The number of carbonyl (C=O) groups is 1. The molecule has 110 valence electrons. The van der Waals surface area contributed by atoms with Crippen molar-refractivity contribution >= 4 is 5.78 Å². The lowest BCUT2D eigenvalue weighted by Gasteiger charge is -2.41. The molecule has 1 aromatic rings. The van der Waals surface area contributed by atoms with E-state index in [1.165, 1.54) is 31.4 Å². The van der Waals surface area contributed by atoms with E-state index in [0.717, 1.165) is 12.0 Å². The smallest absolute Gasteiger partial charge is 0.165 e. The molecule has 1 heterocycles. The molecule has 1 aromatic heterocycles. The van der Waals surface area contributed by atoms with Crippen molar-refractivity contribution in [2.75, 3.05) is 0 Å². The number of ketones is 1. The topological polar surface area (TPSA) is 22.0 Å². The van der Waals surface area contributed by atoms with Crippen LogP contribution in [0.2, 0.25) is 0 Å². The van der Waals surface area contributed by atoms with Crippen LogP contribution in [0.4, 0.5) is 0 Å². The van der Waals surface area contributed by atoms with Crippen molar-refractivity contribution in [2.45, 2.75) is 72.3 Å². The van der Waals surface area contributed by atoms with Crippen molar-refractivity contribution in [3.8, 4) is 0 Å². The van der Waals surface area contributed by atoms with Gasteiger partial charge in [0.05, 0.1) is 0 Å². The first-order valence-corrected chi connectivity index (χ1v) is 8.03. The zero-order valence-electron chi connectivity index (χ0n) is 13.3. The van der Waals surface area contributed by atoms with E-state index in [4.69, 9.17) is 0 Å². The summed E-state index contributed by atoms with van der Waals surface area (Å²) in [7, 11) is 0. The summed E-state index contributed by atoms with van der Waals surface area (Å²) in [5, 5.41) is 0. The van der Waals surface area contributed by atoms with Gasteiger partial charge in [-0.3, -0.25) is 4.79 Å². The number of rotatable bonds is 1.